The summed E-state index contributed by atoms with van der Waals surface area (Å²) < 4.78 is 30.3. The van der Waals surface area contributed by atoms with Crippen molar-refractivity contribution in [1.82, 2.24) is 5.32 Å². The molecule has 0 saturated heterocycles. The second kappa shape index (κ2) is 7.09. The van der Waals surface area contributed by atoms with Crippen LogP contribution in [0.1, 0.15) is 30.9 Å². The van der Waals surface area contributed by atoms with Crippen molar-refractivity contribution in [2.24, 2.45) is 0 Å². The van der Waals surface area contributed by atoms with Crippen molar-refractivity contribution in [3.8, 4) is 0 Å². The molecule has 0 spiro atoms. The molecular weight excluding hydrogens is 326 g/mol. The summed E-state index contributed by atoms with van der Waals surface area (Å²) in [5.74, 6) is 1.14. The molecule has 0 radical (unpaired) electrons. The zero-order valence-electron chi connectivity index (χ0n) is 14.5. The molecule has 132 valence electrons. The Kier molecular flexibility index (Phi) is 5.52. The summed E-state index contributed by atoms with van der Waals surface area (Å²) in [6.07, 6.45) is 0. The van der Waals surface area contributed by atoms with Gasteiger partial charge in [0.05, 0.1) is 10.6 Å². The van der Waals surface area contributed by atoms with Crippen LogP contribution in [0, 0.1) is 13.8 Å². The number of furan rings is 1. The maximum atomic E-state index is 12.4. The van der Waals surface area contributed by atoms with Crippen LogP contribution in [0.5, 0.6) is 0 Å². The Morgan fingerprint density at radius 3 is 2.33 bits per heavy atom. The summed E-state index contributed by atoms with van der Waals surface area (Å²) in [5.41, 5.74) is -0.180. The highest BCUT2D eigenvalue weighted by Crippen LogP contribution is 2.22. The van der Waals surface area contributed by atoms with Crippen molar-refractivity contribution in [2.45, 2.75) is 44.2 Å². The molecule has 5 nitrogen and oxygen atoms in total. The fourth-order valence-electron chi connectivity index (χ4n) is 2.41. The minimum Gasteiger partial charge on any atom is -0.463 e. The van der Waals surface area contributed by atoms with Gasteiger partial charge in [-0.05, 0) is 52.0 Å². The molecule has 1 aromatic carbocycles. The van der Waals surface area contributed by atoms with E-state index in [1.54, 1.807) is 50.2 Å². The Hall–Kier alpha value is -1.63. The van der Waals surface area contributed by atoms with Gasteiger partial charge >= 0.3 is 0 Å². The first-order chi connectivity index (χ1) is 11.1. The van der Waals surface area contributed by atoms with Crippen molar-refractivity contribution >= 4 is 9.84 Å². The van der Waals surface area contributed by atoms with Gasteiger partial charge in [-0.2, -0.15) is 0 Å². The highest BCUT2D eigenvalue weighted by Gasteiger charge is 2.28. The van der Waals surface area contributed by atoms with Gasteiger partial charge in [0.2, 0.25) is 0 Å². The largest absolute Gasteiger partial charge is 0.463 e. The van der Waals surface area contributed by atoms with Gasteiger partial charge in [-0.3, -0.25) is 0 Å². The fraction of sp³-hybridized carbons (Fsp3) is 0.444. The van der Waals surface area contributed by atoms with E-state index < -0.39 is 15.4 Å². The molecule has 2 aromatic rings. The molecule has 0 fully saturated rings. The fourth-order valence-corrected chi connectivity index (χ4v) is 3.93. The van der Waals surface area contributed by atoms with Crippen molar-refractivity contribution < 1.29 is 17.9 Å². The van der Waals surface area contributed by atoms with E-state index in [2.05, 4.69) is 5.32 Å². The first-order valence-electron chi connectivity index (χ1n) is 7.92. The first-order valence-corrected chi connectivity index (χ1v) is 9.57. The molecule has 2 atom stereocenters. The van der Waals surface area contributed by atoms with Crippen LogP contribution in [-0.2, 0) is 15.4 Å². The summed E-state index contributed by atoms with van der Waals surface area (Å²) in [6, 6.07) is 10.0. The molecule has 2 unspecified atom stereocenters. The Labute approximate surface area is 143 Å². The molecule has 24 heavy (non-hydrogen) atoms. The third-order valence-corrected chi connectivity index (χ3v) is 5.84. The number of aryl methyl sites for hydroxylation is 2. The second-order valence-corrected chi connectivity index (χ2v) is 8.59. The number of rotatable bonds is 7. The predicted molar refractivity (Wildman–Crippen MR) is 93.7 cm³/mol. The SMILES string of the molecule is Cc1ccc(S(=O)(=O)CC(C)NCC(C)(O)c2ccc(C)o2)cc1. The quantitative estimate of drug-likeness (QED) is 0.801. The Balaban J connectivity index is 1.97. The van der Waals surface area contributed by atoms with Gasteiger partial charge < -0.3 is 14.8 Å². The minimum atomic E-state index is -3.37. The van der Waals surface area contributed by atoms with Crippen molar-refractivity contribution in [3.05, 3.63) is 53.5 Å². The smallest absolute Gasteiger partial charge is 0.179 e. The summed E-state index contributed by atoms with van der Waals surface area (Å²) >= 11 is 0. The van der Waals surface area contributed by atoms with E-state index in [1.165, 1.54) is 0 Å². The topological polar surface area (TPSA) is 79.5 Å². The zero-order valence-corrected chi connectivity index (χ0v) is 15.4. The van der Waals surface area contributed by atoms with Crippen LogP contribution >= 0.6 is 0 Å². The van der Waals surface area contributed by atoms with Gasteiger partial charge in [0.25, 0.3) is 0 Å². The number of nitrogens with one attached hydrogen (secondary N) is 1. The second-order valence-electron chi connectivity index (χ2n) is 6.56. The van der Waals surface area contributed by atoms with E-state index in [9.17, 15) is 13.5 Å². The van der Waals surface area contributed by atoms with E-state index in [-0.39, 0.29) is 18.3 Å². The Morgan fingerprint density at radius 2 is 1.79 bits per heavy atom. The highest BCUT2D eigenvalue weighted by molar-refractivity contribution is 7.91. The van der Waals surface area contributed by atoms with Crippen LogP contribution in [0.25, 0.3) is 0 Å². The van der Waals surface area contributed by atoms with Crippen LogP contribution in [0.2, 0.25) is 0 Å². The molecule has 0 aliphatic carbocycles. The average molecular weight is 351 g/mol. The third kappa shape index (κ3) is 4.69. The molecule has 0 saturated carbocycles. The van der Waals surface area contributed by atoms with Gasteiger partial charge in [-0.1, -0.05) is 17.7 Å². The van der Waals surface area contributed by atoms with Crippen LogP contribution in [-0.4, -0.2) is 31.9 Å². The molecule has 0 bridgehead atoms. The molecule has 2 rings (SSSR count). The number of benzene rings is 1. The molecular formula is C18H25NO4S. The van der Waals surface area contributed by atoms with Crippen molar-refractivity contribution in [1.29, 1.82) is 0 Å². The van der Waals surface area contributed by atoms with Crippen LogP contribution in [0.3, 0.4) is 0 Å². The van der Waals surface area contributed by atoms with Gasteiger partial charge in [-0.25, -0.2) is 8.42 Å². The first kappa shape index (κ1) is 18.7. The van der Waals surface area contributed by atoms with Crippen LogP contribution in [0.4, 0.5) is 0 Å². The monoisotopic (exact) mass is 351 g/mol. The summed E-state index contributed by atoms with van der Waals surface area (Å²) in [7, 11) is -3.37. The lowest BCUT2D eigenvalue weighted by Gasteiger charge is -2.24. The van der Waals surface area contributed by atoms with E-state index >= 15 is 0 Å². The maximum Gasteiger partial charge on any atom is 0.179 e. The number of sulfone groups is 1. The molecule has 0 aliphatic rings. The normalized spacial score (nSPS) is 15.9. The molecule has 0 amide bonds. The molecule has 1 aromatic heterocycles. The van der Waals surface area contributed by atoms with Gasteiger partial charge in [-0.15, -0.1) is 0 Å². The molecule has 2 N–H and O–H groups in total. The predicted octanol–water partition coefficient (Wildman–Crippen LogP) is 2.56. The van der Waals surface area contributed by atoms with Crippen LogP contribution < -0.4 is 5.32 Å². The lowest BCUT2D eigenvalue weighted by atomic mass is 10.0. The summed E-state index contributed by atoms with van der Waals surface area (Å²) in [6.45, 7) is 7.35. The molecule has 6 heteroatoms. The number of aliphatic hydroxyl groups is 1. The van der Waals surface area contributed by atoms with E-state index in [0.29, 0.717) is 10.7 Å². The third-order valence-electron chi connectivity index (χ3n) is 3.92. The average Bonchev–Trinajstić information content (AvgIpc) is 2.93. The standard InChI is InChI=1S/C18H25NO4S/c1-13-5-8-16(9-6-13)24(21,22)11-14(2)19-12-18(4,20)17-10-7-15(3)23-17/h5-10,14,19-20H,11-12H2,1-4H3. The van der Waals surface area contributed by atoms with Crippen LogP contribution in [0.15, 0.2) is 45.7 Å². The number of hydrogen-bond donors (Lipinski definition) is 2. The summed E-state index contributed by atoms with van der Waals surface area (Å²) in [5, 5.41) is 13.6. The lowest BCUT2D eigenvalue weighted by molar-refractivity contribution is 0.0319. The maximum absolute atomic E-state index is 12.4. The van der Waals surface area contributed by atoms with E-state index in [0.717, 1.165) is 11.3 Å². The van der Waals surface area contributed by atoms with E-state index in [4.69, 9.17) is 4.42 Å². The zero-order chi connectivity index (χ0) is 18.0. The molecule has 1 heterocycles. The highest BCUT2D eigenvalue weighted by atomic mass is 32.2. The van der Waals surface area contributed by atoms with Gasteiger partial charge in [0, 0.05) is 12.6 Å². The van der Waals surface area contributed by atoms with Crippen molar-refractivity contribution in [2.75, 3.05) is 12.3 Å². The number of hydrogen-bond acceptors (Lipinski definition) is 5. The minimum absolute atomic E-state index is 0.0384. The van der Waals surface area contributed by atoms with E-state index in [1.807, 2.05) is 13.8 Å². The lowest BCUT2D eigenvalue weighted by Crippen LogP contribution is -2.42. The molecule has 0 aliphatic heterocycles. The van der Waals surface area contributed by atoms with Gasteiger partial charge in [0.15, 0.2) is 9.84 Å². The van der Waals surface area contributed by atoms with Crippen molar-refractivity contribution in [3.63, 3.8) is 0 Å². The Morgan fingerprint density at radius 1 is 1.17 bits per heavy atom. The van der Waals surface area contributed by atoms with Gasteiger partial charge in [0.1, 0.15) is 17.1 Å². The summed E-state index contributed by atoms with van der Waals surface area (Å²) in [4.78, 5) is 0.315. The Bertz CT molecular complexity index is 776.